The lowest BCUT2D eigenvalue weighted by Crippen LogP contribution is -2.26. The maximum absolute atomic E-state index is 5.70. The lowest BCUT2D eigenvalue weighted by Gasteiger charge is -2.26. The van der Waals surface area contributed by atoms with E-state index in [2.05, 4.69) is 53.5 Å². The Hall–Kier alpha value is -1.74. The average Bonchev–Trinajstić information content (AvgIpc) is 2.93. The van der Waals surface area contributed by atoms with E-state index in [4.69, 9.17) is 4.74 Å². The Labute approximate surface area is 120 Å². The van der Waals surface area contributed by atoms with Crippen LogP contribution < -0.4 is 10.1 Å². The van der Waals surface area contributed by atoms with E-state index >= 15 is 0 Å². The van der Waals surface area contributed by atoms with Gasteiger partial charge in [0.25, 0.3) is 0 Å². The molecule has 1 unspecified atom stereocenters. The average molecular weight is 270 g/mol. The summed E-state index contributed by atoms with van der Waals surface area (Å²) in [7, 11) is 0. The molecule has 1 aromatic heterocycles. The summed E-state index contributed by atoms with van der Waals surface area (Å²) in [6.45, 7) is 5.01. The molecule has 0 saturated carbocycles. The van der Waals surface area contributed by atoms with Crippen molar-refractivity contribution in [2.75, 3.05) is 6.61 Å². The first-order valence-corrected chi connectivity index (χ1v) is 7.46. The van der Waals surface area contributed by atoms with Crippen molar-refractivity contribution in [1.82, 2.24) is 9.88 Å². The van der Waals surface area contributed by atoms with Gasteiger partial charge in [0.2, 0.25) is 0 Å². The third-order valence-corrected chi connectivity index (χ3v) is 3.80. The molecule has 2 aromatic rings. The van der Waals surface area contributed by atoms with E-state index < -0.39 is 0 Å². The number of rotatable bonds is 5. The number of ether oxygens (including phenoxy) is 1. The summed E-state index contributed by atoms with van der Waals surface area (Å²) in [4.78, 5) is 0. The van der Waals surface area contributed by atoms with Crippen LogP contribution in [0.5, 0.6) is 5.75 Å². The van der Waals surface area contributed by atoms with Crippen LogP contribution in [0.3, 0.4) is 0 Å². The van der Waals surface area contributed by atoms with Gasteiger partial charge in [-0.3, -0.25) is 0 Å². The highest BCUT2D eigenvalue weighted by molar-refractivity contribution is 5.37. The molecule has 1 atom stereocenters. The van der Waals surface area contributed by atoms with Crippen LogP contribution in [0.25, 0.3) is 0 Å². The molecule has 1 aliphatic heterocycles. The molecule has 20 heavy (non-hydrogen) atoms. The van der Waals surface area contributed by atoms with E-state index in [1.165, 1.54) is 17.5 Å². The van der Waals surface area contributed by atoms with Crippen molar-refractivity contribution in [1.29, 1.82) is 0 Å². The maximum Gasteiger partial charge on any atom is 0.124 e. The van der Waals surface area contributed by atoms with Crippen molar-refractivity contribution >= 4 is 0 Å². The van der Waals surface area contributed by atoms with Gasteiger partial charge in [-0.2, -0.15) is 0 Å². The highest BCUT2D eigenvalue weighted by Gasteiger charge is 2.20. The molecule has 3 nitrogen and oxygen atoms in total. The number of fused-ring (bicyclic) bond motifs is 1. The quantitative estimate of drug-likeness (QED) is 0.899. The second-order valence-electron chi connectivity index (χ2n) is 5.37. The van der Waals surface area contributed by atoms with Gasteiger partial charge in [-0.1, -0.05) is 25.1 Å². The number of hydrogen-bond acceptors (Lipinski definition) is 2. The molecule has 3 heteroatoms. The minimum atomic E-state index is 0.398. The molecule has 2 heterocycles. The highest BCUT2D eigenvalue weighted by atomic mass is 16.5. The Balaban J connectivity index is 1.64. The molecule has 0 aliphatic carbocycles. The largest absolute Gasteiger partial charge is 0.493 e. The van der Waals surface area contributed by atoms with Crippen molar-refractivity contribution in [2.24, 2.45) is 0 Å². The Bertz CT molecular complexity index is 562. The molecule has 0 saturated heterocycles. The van der Waals surface area contributed by atoms with E-state index in [0.29, 0.717) is 6.04 Å². The van der Waals surface area contributed by atoms with Gasteiger partial charge >= 0.3 is 0 Å². The topological polar surface area (TPSA) is 26.2 Å². The third-order valence-electron chi connectivity index (χ3n) is 3.80. The second-order valence-corrected chi connectivity index (χ2v) is 5.37. The van der Waals surface area contributed by atoms with Crippen LogP contribution in [0.15, 0.2) is 42.7 Å². The van der Waals surface area contributed by atoms with Gasteiger partial charge in [0, 0.05) is 43.5 Å². The van der Waals surface area contributed by atoms with E-state index in [-0.39, 0.29) is 0 Å². The monoisotopic (exact) mass is 270 g/mol. The zero-order chi connectivity index (χ0) is 13.8. The van der Waals surface area contributed by atoms with Gasteiger partial charge < -0.3 is 14.6 Å². The van der Waals surface area contributed by atoms with Gasteiger partial charge in [0.05, 0.1) is 6.61 Å². The lowest BCUT2D eigenvalue weighted by atomic mass is 10.0. The molecule has 0 fully saturated rings. The first-order valence-electron chi connectivity index (χ1n) is 7.46. The first kappa shape index (κ1) is 13.3. The van der Waals surface area contributed by atoms with Gasteiger partial charge in [0.15, 0.2) is 0 Å². The fraction of sp³-hybridized carbons (Fsp3) is 0.412. The van der Waals surface area contributed by atoms with Crippen molar-refractivity contribution in [3.63, 3.8) is 0 Å². The Kier molecular flexibility index (Phi) is 4.07. The second kappa shape index (κ2) is 6.14. The number of benzene rings is 1. The van der Waals surface area contributed by atoms with Crippen LogP contribution in [0, 0.1) is 0 Å². The summed E-state index contributed by atoms with van der Waals surface area (Å²) in [5.41, 5.74) is 2.63. The van der Waals surface area contributed by atoms with E-state index in [1.54, 1.807) is 0 Å². The Morgan fingerprint density at radius 1 is 1.30 bits per heavy atom. The number of aromatic nitrogens is 1. The van der Waals surface area contributed by atoms with Crippen LogP contribution in [-0.4, -0.2) is 11.2 Å². The normalized spacial score (nSPS) is 17.6. The summed E-state index contributed by atoms with van der Waals surface area (Å²) < 4.78 is 7.96. The molecule has 1 aliphatic rings. The molecule has 0 bridgehead atoms. The summed E-state index contributed by atoms with van der Waals surface area (Å²) in [6.07, 6.45) is 6.61. The third kappa shape index (κ3) is 2.88. The SMILES string of the molecule is CCCn1ccc(CNC2CCOc3ccccc32)c1. The van der Waals surface area contributed by atoms with Crippen LogP contribution in [0.2, 0.25) is 0 Å². The smallest absolute Gasteiger partial charge is 0.124 e. The van der Waals surface area contributed by atoms with Crippen molar-refractivity contribution < 1.29 is 4.74 Å². The minimum Gasteiger partial charge on any atom is -0.493 e. The number of nitrogens with one attached hydrogen (secondary N) is 1. The molecule has 0 spiro atoms. The zero-order valence-electron chi connectivity index (χ0n) is 12.0. The van der Waals surface area contributed by atoms with E-state index in [1.807, 2.05) is 6.07 Å². The fourth-order valence-corrected chi connectivity index (χ4v) is 2.79. The number of nitrogens with zero attached hydrogens (tertiary/aromatic N) is 1. The zero-order valence-corrected chi connectivity index (χ0v) is 12.0. The standard InChI is InChI=1S/C17H22N2O/c1-2-9-19-10-7-14(13-19)12-18-16-8-11-20-17-6-4-3-5-15(16)17/h3-7,10,13,16,18H,2,8-9,11-12H2,1H3. The predicted octanol–water partition coefficient (Wildman–Crippen LogP) is 3.51. The van der Waals surface area contributed by atoms with Crippen LogP contribution in [0.4, 0.5) is 0 Å². The number of hydrogen-bond donors (Lipinski definition) is 1. The van der Waals surface area contributed by atoms with E-state index in [0.717, 1.165) is 31.9 Å². The minimum absolute atomic E-state index is 0.398. The van der Waals surface area contributed by atoms with E-state index in [9.17, 15) is 0 Å². The first-order chi connectivity index (χ1) is 9.86. The Morgan fingerprint density at radius 3 is 3.10 bits per heavy atom. The summed E-state index contributed by atoms with van der Waals surface area (Å²) in [6, 6.07) is 10.9. The van der Waals surface area contributed by atoms with Crippen molar-refractivity contribution in [3.8, 4) is 5.75 Å². The predicted molar refractivity (Wildman–Crippen MR) is 80.9 cm³/mol. The van der Waals surface area contributed by atoms with Gasteiger partial charge in [-0.05, 0) is 24.1 Å². The number of para-hydroxylation sites is 1. The van der Waals surface area contributed by atoms with Crippen molar-refractivity contribution in [3.05, 3.63) is 53.9 Å². The van der Waals surface area contributed by atoms with Gasteiger partial charge in [-0.25, -0.2) is 0 Å². The molecule has 0 radical (unpaired) electrons. The molecule has 106 valence electrons. The summed E-state index contributed by atoms with van der Waals surface area (Å²) in [5, 5.41) is 3.66. The summed E-state index contributed by atoms with van der Waals surface area (Å²) in [5.74, 6) is 1.03. The number of aryl methyl sites for hydroxylation is 1. The van der Waals surface area contributed by atoms with Gasteiger partial charge in [-0.15, -0.1) is 0 Å². The molecule has 1 N–H and O–H groups in total. The van der Waals surface area contributed by atoms with Crippen LogP contribution in [-0.2, 0) is 13.1 Å². The Morgan fingerprint density at radius 2 is 2.20 bits per heavy atom. The summed E-state index contributed by atoms with van der Waals surface area (Å²) >= 11 is 0. The van der Waals surface area contributed by atoms with Gasteiger partial charge in [0.1, 0.15) is 5.75 Å². The molecule has 3 rings (SSSR count). The lowest BCUT2D eigenvalue weighted by molar-refractivity contribution is 0.252. The van der Waals surface area contributed by atoms with Crippen molar-refractivity contribution in [2.45, 2.75) is 38.9 Å². The molecular formula is C17H22N2O. The molecular weight excluding hydrogens is 248 g/mol. The maximum atomic E-state index is 5.70. The molecule has 1 aromatic carbocycles. The van der Waals surface area contributed by atoms with Crippen LogP contribution >= 0.6 is 0 Å². The fourth-order valence-electron chi connectivity index (χ4n) is 2.79. The highest BCUT2D eigenvalue weighted by Crippen LogP contribution is 2.31. The molecule has 0 amide bonds. The van der Waals surface area contributed by atoms with Crippen LogP contribution in [0.1, 0.15) is 36.9 Å².